The van der Waals surface area contributed by atoms with Gasteiger partial charge in [-0.15, -0.1) is 0 Å². The summed E-state index contributed by atoms with van der Waals surface area (Å²) < 4.78 is 2.41. The number of carbonyl (C=O) groups is 1. The zero-order chi connectivity index (χ0) is 20.7. The lowest BCUT2D eigenvalue weighted by Gasteiger charge is -2.12. The first kappa shape index (κ1) is 19.0. The monoisotopic (exact) mass is 510 g/mol. The standard InChI is InChI=1S/C22H19IN6O/c1-13-7-8-14(21(30)25-15-9-10-15)11-18(13)26-19-17-12-24-29(16-5-3-2-4-6-16)20(17)28-22(23)27-19/h2-8,11-12,15H,9-10H2,1H3,(H,25,30)(H,26,27,28). The van der Waals surface area contributed by atoms with Gasteiger partial charge in [-0.25, -0.2) is 14.6 Å². The Kier molecular flexibility index (Phi) is 4.86. The van der Waals surface area contributed by atoms with E-state index in [9.17, 15) is 4.79 Å². The normalized spacial score (nSPS) is 13.4. The fourth-order valence-corrected chi connectivity index (χ4v) is 3.73. The second kappa shape index (κ2) is 7.67. The largest absolute Gasteiger partial charge is 0.349 e. The summed E-state index contributed by atoms with van der Waals surface area (Å²) >= 11 is 2.11. The molecular formula is C22H19IN6O. The molecule has 150 valence electrons. The van der Waals surface area contributed by atoms with E-state index in [-0.39, 0.29) is 5.91 Å². The Morgan fingerprint density at radius 3 is 2.70 bits per heavy atom. The molecule has 2 aromatic heterocycles. The van der Waals surface area contributed by atoms with Crippen LogP contribution in [0.15, 0.2) is 54.7 Å². The predicted octanol–water partition coefficient (Wildman–Crippen LogP) is 4.36. The van der Waals surface area contributed by atoms with Crippen LogP contribution >= 0.6 is 22.6 Å². The van der Waals surface area contributed by atoms with Crippen LogP contribution in [0.4, 0.5) is 11.5 Å². The van der Waals surface area contributed by atoms with Gasteiger partial charge in [0.05, 0.1) is 17.3 Å². The summed E-state index contributed by atoms with van der Waals surface area (Å²) in [5.41, 5.74) is 4.15. The predicted molar refractivity (Wildman–Crippen MR) is 124 cm³/mol. The summed E-state index contributed by atoms with van der Waals surface area (Å²) in [6.45, 7) is 2.00. The molecule has 1 amide bonds. The highest BCUT2D eigenvalue weighted by atomic mass is 127. The highest BCUT2D eigenvalue weighted by Crippen LogP contribution is 2.28. The van der Waals surface area contributed by atoms with Crippen LogP contribution in [0.2, 0.25) is 0 Å². The fourth-order valence-electron chi connectivity index (χ4n) is 3.26. The van der Waals surface area contributed by atoms with Gasteiger partial charge in [-0.2, -0.15) is 5.10 Å². The van der Waals surface area contributed by atoms with Gasteiger partial charge in [-0.3, -0.25) is 4.79 Å². The molecule has 0 bridgehead atoms. The highest BCUT2D eigenvalue weighted by molar-refractivity contribution is 14.1. The molecule has 0 aliphatic heterocycles. The molecule has 1 aliphatic carbocycles. The van der Waals surface area contributed by atoms with Gasteiger partial charge in [0, 0.05) is 39.9 Å². The molecule has 4 aromatic rings. The zero-order valence-corrected chi connectivity index (χ0v) is 18.4. The third-order valence-electron chi connectivity index (χ3n) is 5.07. The fraction of sp³-hybridized carbons (Fsp3) is 0.182. The van der Waals surface area contributed by atoms with E-state index in [1.807, 2.05) is 55.5 Å². The van der Waals surface area contributed by atoms with Crippen molar-refractivity contribution in [2.45, 2.75) is 25.8 Å². The minimum Gasteiger partial charge on any atom is -0.349 e. The Bertz CT molecular complexity index is 1250. The van der Waals surface area contributed by atoms with Gasteiger partial charge in [-0.1, -0.05) is 24.3 Å². The molecule has 1 saturated carbocycles. The molecule has 2 aromatic carbocycles. The molecule has 0 spiro atoms. The molecular weight excluding hydrogens is 491 g/mol. The van der Waals surface area contributed by atoms with Crippen molar-refractivity contribution in [3.63, 3.8) is 0 Å². The van der Waals surface area contributed by atoms with Gasteiger partial charge in [0.2, 0.25) is 0 Å². The van der Waals surface area contributed by atoms with Crippen molar-refractivity contribution in [3.05, 3.63) is 69.7 Å². The average molecular weight is 510 g/mol. The Morgan fingerprint density at radius 1 is 1.13 bits per heavy atom. The molecule has 0 radical (unpaired) electrons. The number of aryl methyl sites for hydroxylation is 1. The van der Waals surface area contributed by atoms with Crippen LogP contribution < -0.4 is 10.6 Å². The van der Waals surface area contributed by atoms with Crippen molar-refractivity contribution < 1.29 is 4.79 Å². The summed E-state index contributed by atoms with van der Waals surface area (Å²) in [6, 6.07) is 15.9. The van der Waals surface area contributed by atoms with E-state index in [0.29, 0.717) is 21.3 Å². The summed E-state index contributed by atoms with van der Waals surface area (Å²) in [5.74, 6) is 0.620. The molecule has 0 saturated heterocycles. The van der Waals surface area contributed by atoms with Crippen LogP contribution in [0.25, 0.3) is 16.7 Å². The van der Waals surface area contributed by atoms with E-state index < -0.39 is 0 Å². The quantitative estimate of drug-likeness (QED) is 0.308. The van der Waals surface area contributed by atoms with E-state index in [4.69, 9.17) is 0 Å². The van der Waals surface area contributed by atoms with Crippen molar-refractivity contribution in [2.75, 3.05) is 5.32 Å². The molecule has 30 heavy (non-hydrogen) atoms. The van der Waals surface area contributed by atoms with E-state index in [0.717, 1.165) is 40.8 Å². The Labute approximate surface area is 187 Å². The lowest BCUT2D eigenvalue weighted by molar-refractivity contribution is 0.0951. The molecule has 1 fully saturated rings. The van der Waals surface area contributed by atoms with Crippen molar-refractivity contribution >= 4 is 51.0 Å². The van der Waals surface area contributed by atoms with Crippen LogP contribution in [0.1, 0.15) is 28.8 Å². The number of halogens is 1. The molecule has 2 N–H and O–H groups in total. The van der Waals surface area contributed by atoms with Gasteiger partial charge in [0.25, 0.3) is 5.91 Å². The molecule has 7 nitrogen and oxygen atoms in total. The number of aromatic nitrogens is 4. The lowest BCUT2D eigenvalue weighted by Crippen LogP contribution is -2.25. The van der Waals surface area contributed by atoms with Crippen molar-refractivity contribution in [1.29, 1.82) is 0 Å². The topological polar surface area (TPSA) is 84.7 Å². The molecule has 1 aliphatic rings. The first-order chi connectivity index (χ1) is 14.6. The summed E-state index contributed by atoms with van der Waals surface area (Å²) in [7, 11) is 0. The van der Waals surface area contributed by atoms with Crippen LogP contribution in [0.5, 0.6) is 0 Å². The maximum atomic E-state index is 12.5. The first-order valence-corrected chi connectivity index (χ1v) is 10.8. The number of amides is 1. The number of hydrogen-bond acceptors (Lipinski definition) is 5. The van der Waals surface area contributed by atoms with Gasteiger partial charge < -0.3 is 10.6 Å². The third-order valence-corrected chi connectivity index (χ3v) is 5.55. The summed E-state index contributed by atoms with van der Waals surface area (Å²) in [5, 5.41) is 11.8. The van der Waals surface area contributed by atoms with E-state index in [2.05, 4.69) is 48.3 Å². The van der Waals surface area contributed by atoms with Crippen molar-refractivity contribution in [2.24, 2.45) is 0 Å². The molecule has 0 atom stereocenters. The van der Waals surface area contributed by atoms with E-state index in [1.54, 1.807) is 10.9 Å². The number of carbonyl (C=O) groups excluding carboxylic acids is 1. The van der Waals surface area contributed by atoms with Crippen LogP contribution in [-0.4, -0.2) is 31.7 Å². The second-order valence-corrected chi connectivity index (χ2v) is 8.34. The van der Waals surface area contributed by atoms with Gasteiger partial charge in [-0.05, 0) is 49.6 Å². The van der Waals surface area contributed by atoms with Gasteiger partial charge >= 0.3 is 0 Å². The summed E-state index contributed by atoms with van der Waals surface area (Å²) in [4.78, 5) is 21.6. The average Bonchev–Trinajstić information content (AvgIpc) is 3.46. The highest BCUT2D eigenvalue weighted by Gasteiger charge is 2.24. The number of benzene rings is 2. The first-order valence-electron chi connectivity index (χ1n) is 9.74. The number of nitrogens with zero attached hydrogens (tertiary/aromatic N) is 4. The molecule has 0 unspecified atom stereocenters. The molecule has 8 heteroatoms. The maximum absolute atomic E-state index is 12.5. The van der Waals surface area contributed by atoms with Crippen molar-refractivity contribution in [3.8, 4) is 5.69 Å². The second-order valence-electron chi connectivity index (χ2n) is 7.37. The number of nitrogens with one attached hydrogen (secondary N) is 2. The smallest absolute Gasteiger partial charge is 0.251 e. The Hall–Kier alpha value is -3.01. The van der Waals surface area contributed by atoms with E-state index in [1.165, 1.54) is 0 Å². The number of hydrogen-bond donors (Lipinski definition) is 2. The van der Waals surface area contributed by atoms with Crippen LogP contribution in [0, 0.1) is 10.8 Å². The lowest BCUT2D eigenvalue weighted by atomic mass is 10.1. The third kappa shape index (κ3) is 3.74. The number of rotatable bonds is 5. The van der Waals surface area contributed by atoms with Crippen LogP contribution in [-0.2, 0) is 0 Å². The number of anilines is 2. The SMILES string of the molecule is Cc1ccc(C(=O)NC2CC2)cc1Nc1nc(I)nc2c1cnn2-c1ccccc1. The van der Waals surface area contributed by atoms with E-state index >= 15 is 0 Å². The molecule has 5 rings (SSSR count). The van der Waals surface area contributed by atoms with Crippen molar-refractivity contribution in [1.82, 2.24) is 25.1 Å². The number of para-hydroxylation sites is 1. The minimum absolute atomic E-state index is 0.0418. The van der Waals surface area contributed by atoms with Crippen LogP contribution in [0.3, 0.4) is 0 Å². The van der Waals surface area contributed by atoms with Gasteiger partial charge in [0.15, 0.2) is 9.48 Å². The maximum Gasteiger partial charge on any atom is 0.251 e. The van der Waals surface area contributed by atoms with Gasteiger partial charge in [0.1, 0.15) is 5.82 Å². The molecule has 2 heterocycles. The Morgan fingerprint density at radius 2 is 1.93 bits per heavy atom. The minimum atomic E-state index is -0.0418. The number of fused-ring (bicyclic) bond motifs is 1. The summed E-state index contributed by atoms with van der Waals surface area (Å²) in [6.07, 6.45) is 3.89. The Balaban J connectivity index is 1.53. The zero-order valence-electron chi connectivity index (χ0n) is 16.3.